The maximum atomic E-state index is 10.9. The van der Waals surface area contributed by atoms with Crippen LogP contribution in [0.4, 0.5) is 11.5 Å². The molecule has 0 radical (unpaired) electrons. The molecule has 0 aliphatic rings. The van der Waals surface area contributed by atoms with E-state index in [1.807, 2.05) is 0 Å². The highest BCUT2D eigenvalue weighted by molar-refractivity contribution is 5.58. The van der Waals surface area contributed by atoms with Gasteiger partial charge in [-0.3, -0.25) is 10.1 Å². The SMILES string of the molecule is COc1ccc([N+](=O)[O-])c(N(C)CC(C)(C)O)n1. The minimum absolute atomic E-state index is 0.123. The van der Waals surface area contributed by atoms with Gasteiger partial charge in [0.15, 0.2) is 0 Å². The second-order valence-electron chi connectivity index (χ2n) is 4.62. The normalized spacial score (nSPS) is 11.2. The molecule has 0 saturated heterocycles. The van der Waals surface area contributed by atoms with Gasteiger partial charge in [-0.05, 0) is 13.8 Å². The van der Waals surface area contributed by atoms with Gasteiger partial charge in [-0.25, -0.2) is 0 Å². The van der Waals surface area contributed by atoms with Crippen LogP contribution in [0.1, 0.15) is 13.8 Å². The molecule has 0 bridgehead atoms. The Labute approximate surface area is 105 Å². The Bertz CT molecular complexity index is 442. The van der Waals surface area contributed by atoms with Crippen molar-refractivity contribution in [3.8, 4) is 5.88 Å². The Morgan fingerprint density at radius 3 is 2.61 bits per heavy atom. The first-order chi connectivity index (χ1) is 8.24. The van der Waals surface area contributed by atoms with Gasteiger partial charge in [0.2, 0.25) is 11.7 Å². The first kappa shape index (κ1) is 14.2. The zero-order chi connectivity index (χ0) is 13.9. The quantitative estimate of drug-likeness (QED) is 0.628. The highest BCUT2D eigenvalue weighted by Gasteiger charge is 2.24. The number of hydrogen-bond acceptors (Lipinski definition) is 6. The van der Waals surface area contributed by atoms with E-state index in [1.165, 1.54) is 24.1 Å². The molecule has 0 atom stereocenters. The summed E-state index contributed by atoms with van der Waals surface area (Å²) in [6, 6.07) is 2.77. The lowest BCUT2D eigenvalue weighted by Crippen LogP contribution is -2.36. The second kappa shape index (κ2) is 5.18. The average Bonchev–Trinajstić information content (AvgIpc) is 2.25. The number of aliphatic hydroxyl groups is 1. The molecule has 18 heavy (non-hydrogen) atoms. The predicted octanol–water partition coefficient (Wildman–Crippen LogP) is 1.21. The van der Waals surface area contributed by atoms with Crippen LogP contribution in [0.2, 0.25) is 0 Å². The number of pyridine rings is 1. The molecule has 0 aliphatic carbocycles. The number of anilines is 1. The summed E-state index contributed by atoms with van der Waals surface area (Å²) in [4.78, 5) is 16.0. The van der Waals surface area contributed by atoms with E-state index >= 15 is 0 Å². The van der Waals surface area contributed by atoms with Crippen LogP contribution < -0.4 is 9.64 Å². The maximum absolute atomic E-state index is 10.9. The zero-order valence-corrected chi connectivity index (χ0v) is 10.9. The lowest BCUT2D eigenvalue weighted by molar-refractivity contribution is -0.384. The number of aromatic nitrogens is 1. The third-order valence-electron chi connectivity index (χ3n) is 2.22. The monoisotopic (exact) mass is 255 g/mol. The Morgan fingerprint density at radius 2 is 2.17 bits per heavy atom. The molecule has 7 nitrogen and oxygen atoms in total. The number of ether oxygens (including phenoxy) is 1. The summed E-state index contributed by atoms with van der Waals surface area (Å²) >= 11 is 0. The van der Waals surface area contributed by atoms with Gasteiger partial charge >= 0.3 is 5.69 Å². The fourth-order valence-corrected chi connectivity index (χ4v) is 1.62. The largest absolute Gasteiger partial charge is 0.481 e. The molecule has 100 valence electrons. The highest BCUT2D eigenvalue weighted by Crippen LogP contribution is 2.28. The number of nitro groups is 1. The van der Waals surface area contributed by atoms with Crippen molar-refractivity contribution >= 4 is 11.5 Å². The van der Waals surface area contributed by atoms with E-state index in [4.69, 9.17) is 4.74 Å². The minimum Gasteiger partial charge on any atom is -0.481 e. The van der Waals surface area contributed by atoms with Gasteiger partial charge in [0, 0.05) is 25.7 Å². The Balaban J connectivity index is 3.14. The van der Waals surface area contributed by atoms with E-state index in [0.29, 0.717) is 0 Å². The van der Waals surface area contributed by atoms with E-state index < -0.39 is 10.5 Å². The molecule has 0 saturated carbocycles. The highest BCUT2D eigenvalue weighted by atomic mass is 16.6. The lowest BCUT2D eigenvalue weighted by atomic mass is 10.1. The molecule has 0 aliphatic heterocycles. The van der Waals surface area contributed by atoms with E-state index in [0.717, 1.165) is 0 Å². The van der Waals surface area contributed by atoms with E-state index in [9.17, 15) is 15.2 Å². The van der Waals surface area contributed by atoms with Gasteiger partial charge in [-0.2, -0.15) is 4.98 Å². The molecule has 0 amide bonds. The van der Waals surface area contributed by atoms with Crippen LogP contribution in [0.3, 0.4) is 0 Å². The molecular weight excluding hydrogens is 238 g/mol. The molecule has 0 fully saturated rings. The van der Waals surface area contributed by atoms with Crippen LogP contribution >= 0.6 is 0 Å². The number of hydrogen-bond donors (Lipinski definition) is 1. The third kappa shape index (κ3) is 3.56. The summed E-state index contributed by atoms with van der Waals surface area (Å²) < 4.78 is 4.95. The molecule has 0 aromatic carbocycles. The molecule has 0 unspecified atom stereocenters. The number of likely N-dealkylation sites (N-methyl/N-ethyl adjacent to an activating group) is 1. The summed E-state index contributed by atoms with van der Waals surface area (Å²) in [5, 5.41) is 20.7. The van der Waals surface area contributed by atoms with Crippen molar-refractivity contribution in [2.75, 3.05) is 25.6 Å². The van der Waals surface area contributed by atoms with E-state index in [2.05, 4.69) is 4.98 Å². The molecule has 1 N–H and O–H groups in total. The van der Waals surface area contributed by atoms with Gasteiger partial charge < -0.3 is 14.7 Å². The molecule has 1 rings (SSSR count). The van der Waals surface area contributed by atoms with Crippen LogP contribution in [-0.4, -0.2) is 41.3 Å². The van der Waals surface area contributed by atoms with Crippen molar-refractivity contribution in [2.24, 2.45) is 0 Å². The van der Waals surface area contributed by atoms with Crippen molar-refractivity contribution in [1.29, 1.82) is 0 Å². The van der Waals surface area contributed by atoms with Gasteiger partial charge in [0.1, 0.15) is 0 Å². The van der Waals surface area contributed by atoms with Crippen molar-refractivity contribution in [3.63, 3.8) is 0 Å². The van der Waals surface area contributed by atoms with Crippen molar-refractivity contribution in [2.45, 2.75) is 19.4 Å². The van der Waals surface area contributed by atoms with Crippen molar-refractivity contribution in [1.82, 2.24) is 4.98 Å². The molecule has 1 heterocycles. The molecule has 1 aromatic rings. The van der Waals surface area contributed by atoms with E-state index in [-0.39, 0.29) is 23.9 Å². The minimum atomic E-state index is -0.979. The first-order valence-corrected chi connectivity index (χ1v) is 5.37. The Kier molecular flexibility index (Phi) is 4.07. The third-order valence-corrected chi connectivity index (χ3v) is 2.22. The lowest BCUT2D eigenvalue weighted by Gasteiger charge is -2.26. The molecule has 1 aromatic heterocycles. The summed E-state index contributed by atoms with van der Waals surface area (Å²) in [6.45, 7) is 3.46. The van der Waals surface area contributed by atoms with Crippen LogP contribution in [0.5, 0.6) is 5.88 Å². The number of methoxy groups -OCH3 is 1. The van der Waals surface area contributed by atoms with E-state index in [1.54, 1.807) is 20.9 Å². The Morgan fingerprint density at radius 1 is 1.56 bits per heavy atom. The first-order valence-electron chi connectivity index (χ1n) is 5.37. The zero-order valence-electron chi connectivity index (χ0n) is 10.9. The summed E-state index contributed by atoms with van der Waals surface area (Å²) in [5.41, 5.74) is -1.10. The Hall–Kier alpha value is -1.89. The molecule has 0 spiro atoms. The maximum Gasteiger partial charge on any atom is 0.311 e. The second-order valence-corrected chi connectivity index (χ2v) is 4.62. The van der Waals surface area contributed by atoms with Gasteiger partial charge in [-0.15, -0.1) is 0 Å². The topological polar surface area (TPSA) is 88.7 Å². The summed E-state index contributed by atoms with van der Waals surface area (Å²) in [5.74, 6) is 0.458. The molecular formula is C11H17N3O4. The van der Waals surface area contributed by atoms with Gasteiger partial charge in [-0.1, -0.05) is 0 Å². The summed E-state index contributed by atoms with van der Waals surface area (Å²) in [6.07, 6.45) is 0. The van der Waals surface area contributed by atoms with Crippen LogP contribution in [0.25, 0.3) is 0 Å². The van der Waals surface area contributed by atoms with Crippen LogP contribution in [0, 0.1) is 10.1 Å². The standard InChI is InChI=1S/C11H17N3O4/c1-11(2,15)7-13(3)10-8(14(16)17)5-6-9(12-10)18-4/h5-6,15H,7H2,1-4H3. The average molecular weight is 255 g/mol. The fourth-order valence-electron chi connectivity index (χ4n) is 1.62. The predicted molar refractivity (Wildman–Crippen MR) is 67.0 cm³/mol. The number of nitrogens with zero attached hydrogens (tertiary/aromatic N) is 3. The van der Waals surface area contributed by atoms with Crippen molar-refractivity contribution in [3.05, 3.63) is 22.2 Å². The number of rotatable bonds is 5. The van der Waals surface area contributed by atoms with Gasteiger partial charge in [0.25, 0.3) is 0 Å². The fraction of sp³-hybridized carbons (Fsp3) is 0.545. The van der Waals surface area contributed by atoms with Crippen LogP contribution in [0.15, 0.2) is 12.1 Å². The smallest absolute Gasteiger partial charge is 0.311 e. The van der Waals surface area contributed by atoms with Crippen molar-refractivity contribution < 1.29 is 14.8 Å². The van der Waals surface area contributed by atoms with Crippen LogP contribution in [-0.2, 0) is 0 Å². The van der Waals surface area contributed by atoms with Gasteiger partial charge in [0.05, 0.1) is 17.6 Å². The molecule has 7 heteroatoms. The summed E-state index contributed by atoms with van der Waals surface area (Å²) in [7, 11) is 3.07.